The summed E-state index contributed by atoms with van der Waals surface area (Å²) >= 11 is 9.43. The molecule has 1 aliphatic rings. The minimum atomic E-state index is -2.87. The van der Waals surface area contributed by atoms with Gasteiger partial charge in [-0.25, -0.2) is 8.42 Å². The van der Waals surface area contributed by atoms with Crippen molar-refractivity contribution in [3.63, 3.8) is 0 Å². The van der Waals surface area contributed by atoms with E-state index >= 15 is 0 Å². The van der Waals surface area contributed by atoms with Gasteiger partial charge in [0.05, 0.1) is 17.6 Å². The van der Waals surface area contributed by atoms with E-state index in [4.69, 9.17) is 11.6 Å². The fourth-order valence-corrected chi connectivity index (χ4v) is 5.10. The van der Waals surface area contributed by atoms with Crippen LogP contribution in [0.2, 0.25) is 5.02 Å². The molecule has 0 bridgehead atoms. The molecule has 0 amide bonds. The monoisotopic (exact) mass is 366 g/mol. The van der Waals surface area contributed by atoms with Gasteiger partial charge < -0.3 is 5.11 Å². The van der Waals surface area contributed by atoms with Crippen molar-refractivity contribution in [2.45, 2.75) is 25.4 Å². The fourth-order valence-electron chi connectivity index (χ4n) is 2.47. The Balaban J connectivity index is 1.93. The van der Waals surface area contributed by atoms with Crippen molar-refractivity contribution in [2.24, 2.45) is 5.92 Å². The van der Waals surface area contributed by atoms with E-state index in [1.165, 1.54) is 0 Å². The quantitative estimate of drug-likeness (QED) is 0.890. The van der Waals surface area contributed by atoms with Crippen molar-refractivity contribution < 1.29 is 13.5 Å². The van der Waals surface area contributed by atoms with Crippen LogP contribution in [0.3, 0.4) is 0 Å². The average molecular weight is 368 g/mol. The molecule has 0 aliphatic carbocycles. The summed E-state index contributed by atoms with van der Waals surface area (Å²) in [5.41, 5.74) is 0.887. The topological polar surface area (TPSA) is 54.4 Å². The maximum Gasteiger partial charge on any atom is 0.150 e. The highest BCUT2D eigenvalue weighted by atomic mass is 79.9. The van der Waals surface area contributed by atoms with Gasteiger partial charge in [-0.2, -0.15) is 0 Å². The molecule has 2 unspecified atom stereocenters. The Hall–Kier alpha value is -0.100. The van der Waals surface area contributed by atoms with Crippen LogP contribution in [0.1, 0.15) is 18.4 Å². The summed E-state index contributed by atoms with van der Waals surface area (Å²) in [5, 5.41) is 10.7. The molecule has 3 nitrogen and oxygen atoms in total. The molecule has 1 heterocycles. The van der Waals surface area contributed by atoms with Crippen molar-refractivity contribution in [3.05, 3.63) is 33.3 Å². The molecule has 0 aromatic heterocycles. The van der Waals surface area contributed by atoms with Gasteiger partial charge in [0, 0.05) is 9.50 Å². The Labute approximate surface area is 127 Å². The number of hydrogen-bond donors (Lipinski definition) is 1. The molecule has 0 radical (unpaired) electrons. The summed E-state index contributed by atoms with van der Waals surface area (Å²) in [7, 11) is -2.87. The van der Waals surface area contributed by atoms with Crippen molar-refractivity contribution in [2.75, 3.05) is 11.5 Å². The standard InChI is InChI=1S/C13H16BrClO3S/c14-11-2-1-10(13(15)7-11)6-12(16)5-9-3-4-19(17,18)8-9/h1-2,7,9,12,16H,3-6,8H2. The van der Waals surface area contributed by atoms with E-state index in [9.17, 15) is 13.5 Å². The first-order valence-corrected chi connectivity index (χ1v) is 9.17. The highest BCUT2D eigenvalue weighted by molar-refractivity contribution is 9.10. The van der Waals surface area contributed by atoms with E-state index < -0.39 is 15.9 Å². The number of halogens is 2. The number of aliphatic hydroxyl groups is 1. The molecule has 0 spiro atoms. The second-order valence-corrected chi connectivity index (χ2v) is 8.65. The van der Waals surface area contributed by atoms with Gasteiger partial charge in [0.1, 0.15) is 0 Å². The third-order valence-electron chi connectivity index (χ3n) is 3.40. The molecule has 106 valence electrons. The molecule has 2 rings (SSSR count). The first kappa shape index (κ1) is 15.3. The second kappa shape index (κ2) is 6.12. The highest BCUT2D eigenvalue weighted by Crippen LogP contribution is 2.26. The van der Waals surface area contributed by atoms with Crippen LogP contribution in [0.25, 0.3) is 0 Å². The summed E-state index contributed by atoms with van der Waals surface area (Å²) < 4.78 is 23.6. The second-order valence-electron chi connectivity index (χ2n) is 5.10. The molecule has 1 N–H and O–H groups in total. The lowest BCUT2D eigenvalue weighted by Crippen LogP contribution is -2.17. The predicted molar refractivity (Wildman–Crippen MR) is 80.2 cm³/mol. The van der Waals surface area contributed by atoms with Crippen molar-refractivity contribution in [3.8, 4) is 0 Å². The van der Waals surface area contributed by atoms with E-state index in [-0.39, 0.29) is 17.4 Å². The van der Waals surface area contributed by atoms with Crippen LogP contribution < -0.4 is 0 Å². The first-order chi connectivity index (χ1) is 8.85. The highest BCUT2D eigenvalue weighted by Gasteiger charge is 2.29. The van der Waals surface area contributed by atoms with Gasteiger partial charge >= 0.3 is 0 Å². The van der Waals surface area contributed by atoms with E-state index in [2.05, 4.69) is 15.9 Å². The lowest BCUT2D eigenvalue weighted by atomic mass is 9.97. The Morgan fingerprint density at radius 3 is 2.79 bits per heavy atom. The summed E-state index contributed by atoms with van der Waals surface area (Å²) in [4.78, 5) is 0. The van der Waals surface area contributed by atoms with Crippen molar-refractivity contribution >= 4 is 37.4 Å². The van der Waals surface area contributed by atoms with Crippen LogP contribution in [-0.4, -0.2) is 31.1 Å². The largest absolute Gasteiger partial charge is 0.393 e. The Kier molecular flexibility index (Phi) is 4.93. The normalized spacial score (nSPS) is 23.4. The van der Waals surface area contributed by atoms with Crippen molar-refractivity contribution in [1.29, 1.82) is 0 Å². The number of sulfone groups is 1. The lowest BCUT2D eigenvalue weighted by molar-refractivity contribution is 0.147. The molecule has 0 saturated carbocycles. The van der Waals surface area contributed by atoms with Gasteiger partial charge in [-0.05, 0) is 42.9 Å². The molecule has 1 aromatic rings. The average Bonchev–Trinajstić information content (AvgIpc) is 2.62. The molecule has 1 aromatic carbocycles. The maximum atomic E-state index is 11.4. The Morgan fingerprint density at radius 2 is 2.21 bits per heavy atom. The molecule has 2 atom stereocenters. The smallest absolute Gasteiger partial charge is 0.150 e. The van der Waals surface area contributed by atoms with Gasteiger partial charge in [0.2, 0.25) is 0 Å². The Morgan fingerprint density at radius 1 is 1.47 bits per heavy atom. The van der Waals surface area contributed by atoms with E-state index in [0.717, 1.165) is 10.0 Å². The number of benzene rings is 1. The van der Waals surface area contributed by atoms with Crippen LogP contribution in [0.4, 0.5) is 0 Å². The van der Waals surface area contributed by atoms with Gasteiger partial charge in [-0.3, -0.25) is 0 Å². The van der Waals surface area contributed by atoms with Gasteiger partial charge in [-0.15, -0.1) is 0 Å². The molecule has 1 saturated heterocycles. The molecular weight excluding hydrogens is 352 g/mol. The predicted octanol–water partition coefficient (Wildman–Crippen LogP) is 2.83. The van der Waals surface area contributed by atoms with Crippen LogP contribution in [0.15, 0.2) is 22.7 Å². The van der Waals surface area contributed by atoms with Gasteiger partial charge in [0.15, 0.2) is 9.84 Å². The molecule has 1 aliphatic heterocycles. The molecule has 6 heteroatoms. The number of rotatable bonds is 4. The van der Waals surface area contributed by atoms with E-state index in [1.54, 1.807) is 6.07 Å². The maximum absolute atomic E-state index is 11.4. The summed E-state index contributed by atoms with van der Waals surface area (Å²) in [5.74, 6) is 0.538. The minimum absolute atomic E-state index is 0.0780. The van der Waals surface area contributed by atoms with Crippen LogP contribution in [0.5, 0.6) is 0 Å². The zero-order valence-corrected chi connectivity index (χ0v) is 13.5. The summed E-state index contributed by atoms with van der Waals surface area (Å²) in [6.45, 7) is 0. The van der Waals surface area contributed by atoms with E-state index in [0.29, 0.717) is 24.3 Å². The first-order valence-electron chi connectivity index (χ1n) is 6.18. The molecular formula is C13H16BrClO3S. The number of aliphatic hydroxyl groups excluding tert-OH is 1. The molecule has 19 heavy (non-hydrogen) atoms. The summed E-state index contributed by atoms with van der Waals surface area (Å²) in [6.07, 6.45) is 1.10. The lowest BCUT2D eigenvalue weighted by Gasteiger charge is -2.15. The van der Waals surface area contributed by atoms with Gasteiger partial charge in [-0.1, -0.05) is 33.6 Å². The third kappa shape index (κ3) is 4.45. The van der Waals surface area contributed by atoms with Crippen LogP contribution in [0, 0.1) is 5.92 Å². The van der Waals surface area contributed by atoms with E-state index in [1.807, 2.05) is 12.1 Å². The molecule has 1 fully saturated rings. The Bertz CT molecular complexity index is 559. The SMILES string of the molecule is O=S1(=O)CCC(CC(O)Cc2ccc(Br)cc2Cl)C1. The summed E-state index contributed by atoms with van der Waals surface area (Å²) in [6, 6.07) is 5.55. The van der Waals surface area contributed by atoms with Crippen LogP contribution in [-0.2, 0) is 16.3 Å². The zero-order chi connectivity index (χ0) is 14.0. The minimum Gasteiger partial charge on any atom is -0.393 e. The number of hydrogen-bond acceptors (Lipinski definition) is 3. The third-order valence-corrected chi connectivity index (χ3v) is 6.08. The van der Waals surface area contributed by atoms with Crippen LogP contribution >= 0.6 is 27.5 Å². The van der Waals surface area contributed by atoms with Crippen molar-refractivity contribution in [1.82, 2.24) is 0 Å². The van der Waals surface area contributed by atoms with Gasteiger partial charge in [0.25, 0.3) is 0 Å². The zero-order valence-electron chi connectivity index (χ0n) is 10.4. The fraction of sp³-hybridized carbons (Fsp3) is 0.538.